The first-order valence-electron chi connectivity index (χ1n) is 5.67. The van der Waals surface area contributed by atoms with Gasteiger partial charge in [0, 0.05) is 0 Å². The first-order valence-corrected chi connectivity index (χ1v) is 5.67. The number of esters is 1. The van der Waals surface area contributed by atoms with Gasteiger partial charge in [0.1, 0.15) is 17.9 Å². The molecule has 0 aliphatic carbocycles. The molecule has 2 rings (SSSR count). The number of rotatable bonds is 5. The zero-order valence-corrected chi connectivity index (χ0v) is 10.2. The number of pyridine rings is 1. The van der Waals surface area contributed by atoms with Gasteiger partial charge in [-0.2, -0.15) is 5.10 Å². The van der Waals surface area contributed by atoms with Crippen LogP contribution in [0.5, 0.6) is 5.75 Å². The highest BCUT2D eigenvalue weighted by molar-refractivity contribution is 5.96. The quantitative estimate of drug-likeness (QED) is 0.781. The third-order valence-electron chi connectivity index (χ3n) is 2.36. The summed E-state index contributed by atoms with van der Waals surface area (Å²) in [6.45, 7) is 1.29. The van der Waals surface area contributed by atoms with Crippen LogP contribution in [-0.2, 0) is 4.74 Å². The summed E-state index contributed by atoms with van der Waals surface area (Å²) in [5.74, 6) is -0.218. The van der Waals surface area contributed by atoms with Crippen LogP contribution in [0.1, 0.15) is 17.3 Å². The molecule has 5 nitrogen and oxygen atoms in total. The van der Waals surface area contributed by atoms with Gasteiger partial charge in [-0.1, -0.05) is 0 Å². The summed E-state index contributed by atoms with van der Waals surface area (Å²) in [5.41, 5.74) is 0.852. The second-order valence-corrected chi connectivity index (χ2v) is 3.68. The summed E-state index contributed by atoms with van der Waals surface area (Å²) < 4.78 is 35.2. The predicted molar refractivity (Wildman–Crippen MR) is 62.6 cm³/mol. The molecule has 7 heteroatoms. The Hall–Kier alpha value is -2.18. The third-order valence-corrected chi connectivity index (χ3v) is 2.36. The van der Waals surface area contributed by atoms with E-state index in [1.165, 1.54) is 23.0 Å². The fourth-order valence-electron chi connectivity index (χ4n) is 1.58. The maximum Gasteiger partial charge on any atom is 0.341 e. The minimum Gasteiger partial charge on any atom is -0.486 e. The van der Waals surface area contributed by atoms with E-state index >= 15 is 0 Å². The molecular formula is C12H12F2N2O3. The van der Waals surface area contributed by atoms with Crippen LogP contribution in [0.4, 0.5) is 8.78 Å². The minimum atomic E-state index is -2.54. The molecule has 0 radical (unpaired) electrons. The Morgan fingerprint density at radius 3 is 2.95 bits per heavy atom. The van der Waals surface area contributed by atoms with Crippen molar-refractivity contribution in [3.8, 4) is 5.75 Å². The topological polar surface area (TPSA) is 52.8 Å². The van der Waals surface area contributed by atoms with Crippen LogP contribution in [0.2, 0.25) is 0 Å². The lowest BCUT2D eigenvalue weighted by atomic mass is 10.2. The van der Waals surface area contributed by atoms with Crippen LogP contribution in [0.25, 0.3) is 5.52 Å². The number of carbonyl (C=O) groups is 1. The van der Waals surface area contributed by atoms with Crippen molar-refractivity contribution in [2.45, 2.75) is 13.3 Å². The lowest BCUT2D eigenvalue weighted by molar-refractivity contribution is 0.0528. The van der Waals surface area contributed by atoms with Crippen LogP contribution < -0.4 is 4.74 Å². The number of alkyl halides is 2. The number of hydrogen-bond donors (Lipinski definition) is 0. The monoisotopic (exact) mass is 270 g/mol. The largest absolute Gasteiger partial charge is 0.486 e. The molecule has 0 spiro atoms. The number of carbonyl (C=O) groups excluding carboxylic acids is 1. The van der Waals surface area contributed by atoms with E-state index < -0.39 is 19.0 Å². The van der Waals surface area contributed by atoms with Gasteiger partial charge in [0.25, 0.3) is 6.43 Å². The van der Waals surface area contributed by atoms with Crippen LogP contribution in [0, 0.1) is 0 Å². The molecule has 0 saturated heterocycles. The normalized spacial score (nSPS) is 10.9. The lowest BCUT2D eigenvalue weighted by Crippen LogP contribution is -2.07. The zero-order chi connectivity index (χ0) is 13.8. The van der Waals surface area contributed by atoms with Gasteiger partial charge in [0.2, 0.25) is 0 Å². The van der Waals surface area contributed by atoms with E-state index in [4.69, 9.17) is 9.47 Å². The van der Waals surface area contributed by atoms with E-state index in [0.29, 0.717) is 11.1 Å². The van der Waals surface area contributed by atoms with Gasteiger partial charge in [-0.3, -0.25) is 0 Å². The highest BCUT2D eigenvalue weighted by Crippen LogP contribution is 2.17. The minimum absolute atomic E-state index is 0.256. The molecule has 19 heavy (non-hydrogen) atoms. The molecule has 0 aliphatic heterocycles. The van der Waals surface area contributed by atoms with E-state index in [-0.39, 0.29) is 12.4 Å². The van der Waals surface area contributed by atoms with Gasteiger partial charge in [0.15, 0.2) is 0 Å². The molecule has 0 bridgehead atoms. The fourth-order valence-corrected chi connectivity index (χ4v) is 1.58. The molecule has 2 aromatic heterocycles. The van der Waals surface area contributed by atoms with Crippen molar-refractivity contribution in [2.24, 2.45) is 0 Å². The van der Waals surface area contributed by atoms with E-state index in [1.807, 2.05) is 0 Å². The van der Waals surface area contributed by atoms with Crippen molar-refractivity contribution in [2.75, 3.05) is 13.2 Å². The Morgan fingerprint density at radius 1 is 1.47 bits per heavy atom. The summed E-state index contributed by atoms with van der Waals surface area (Å²) in [5, 5.41) is 3.96. The third kappa shape index (κ3) is 2.98. The van der Waals surface area contributed by atoms with Crippen LogP contribution >= 0.6 is 0 Å². The van der Waals surface area contributed by atoms with Crippen molar-refractivity contribution < 1.29 is 23.0 Å². The second-order valence-electron chi connectivity index (χ2n) is 3.68. The molecule has 0 amide bonds. The predicted octanol–water partition coefficient (Wildman–Crippen LogP) is 2.15. The van der Waals surface area contributed by atoms with Crippen molar-refractivity contribution in [1.82, 2.24) is 9.61 Å². The SMILES string of the molecule is CCOC(=O)c1cnn2cc(OCC(F)F)ccc12. The van der Waals surface area contributed by atoms with Crippen molar-refractivity contribution >= 4 is 11.5 Å². The second kappa shape index (κ2) is 5.64. The summed E-state index contributed by atoms with van der Waals surface area (Å²) >= 11 is 0. The van der Waals surface area contributed by atoms with E-state index in [0.717, 1.165) is 0 Å². The first kappa shape index (κ1) is 13.3. The maximum absolute atomic E-state index is 12.0. The molecule has 0 saturated carbocycles. The molecule has 0 aliphatic rings. The smallest absolute Gasteiger partial charge is 0.341 e. The number of fused-ring (bicyclic) bond motifs is 1. The molecule has 102 valence electrons. The highest BCUT2D eigenvalue weighted by atomic mass is 19.3. The average molecular weight is 270 g/mol. The van der Waals surface area contributed by atoms with Gasteiger partial charge in [-0.25, -0.2) is 18.1 Å². The van der Waals surface area contributed by atoms with Crippen LogP contribution in [0.15, 0.2) is 24.5 Å². The molecule has 0 fully saturated rings. The summed E-state index contributed by atoms with van der Waals surface area (Å²) in [4.78, 5) is 11.6. The van der Waals surface area contributed by atoms with Crippen molar-refractivity contribution in [1.29, 1.82) is 0 Å². The Balaban J connectivity index is 2.24. The Bertz CT molecular complexity index is 583. The number of hydrogen-bond acceptors (Lipinski definition) is 4. The van der Waals surface area contributed by atoms with Gasteiger partial charge in [-0.15, -0.1) is 0 Å². The number of aromatic nitrogens is 2. The number of nitrogens with zero attached hydrogens (tertiary/aromatic N) is 2. The van der Waals surface area contributed by atoms with Gasteiger partial charge >= 0.3 is 5.97 Å². The summed E-state index contributed by atoms with van der Waals surface area (Å²) in [6, 6.07) is 3.07. The van der Waals surface area contributed by atoms with Crippen molar-refractivity contribution in [3.63, 3.8) is 0 Å². The Labute approximate surface area is 107 Å². The summed E-state index contributed by atoms with van der Waals surface area (Å²) in [6.07, 6.45) is 0.258. The van der Waals surface area contributed by atoms with Gasteiger partial charge < -0.3 is 9.47 Å². The van der Waals surface area contributed by atoms with E-state index in [2.05, 4.69) is 5.10 Å². The van der Waals surface area contributed by atoms with Crippen LogP contribution in [-0.4, -0.2) is 35.2 Å². The first-order chi connectivity index (χ1) is 9.11. The number of halogens is 2. The van der Waals surface area contributed by atoms with Crippen LogP contribution in [0.3, 0.4) is 0 Å². The molecule has 0 aromatic carbocycles. The molecule has 0 atom stereocenters. The van der Waals surface area contributed by atoms with Gasteiger partial charge in [0.05, 0.1) is 24.5 Å². The van der Waals surface area contributed by atoms with Crippen molar-refractivity contribution in [3.05, 3.63) is 30.1 Å². The van der Waals surface area contributed by atoms with Gasteiger partial charge in [-0.05, 0) is 19.1 Å². The Morgan fingerprint density at radius 2 is 2.26 bits per heavy atom. The highest BCUT2D eigenvalue weighted by Gasteiger charge is 2.14. The molecular weight excluding hydrogens is 258 g/mol. The standard InChI is InChI=1S/C12H12F2N2O3/c1-2-18-12(17)9-5-15-16-6-8(3-4-10(9)16)19-7-11(13)14/h3-6,11H,2,7H2,1H3. The average Bonchev–Trinajstić information content (AvgIpc) is 2.79. The number of ether oxygens (including phenoxy) is 2. The van der Waals surface area contributed by atoms with E-state index in [1.54, 1.807) is 13.0 Å². The zero-order valence-electron chi connectivity index (χ0n) is 10.2. The fraction of sp³-hybridized carbons (Fsp3) is 0.333. The maximum atomic E-state index is 12.0. The molecule has 2 heterocycles. The molecule has 0 unspecified atom stereocenters. The lowest BCUT2D eigenvalue weighted by Gasteiger charge is -2.05. The molecule has 0 N–H and O–H groups in total. The van der Waals surface area contributed by atoms with E-state index in [9.17, 15) is 13.6 Å². The Kier molecular flexibility index (Phi) is 3.94. The molecule has 2 aromatic rings. The summed E-state index contributed by atoms with van der Waals surface area (Å²) in [7, 11) is 0.